The Morgan fingerprint density at radius 3 is 2.38 bits per heavy atom. The summed E-state index contributed by atoms with van der Waals surface area (Å²) in [6, 6.07) is 11.7. The fraction of sp³-hybridized carbons (Fsp3) is 0.381. The van der Waals surface area contributed by atoms with Crippen LogP contribution in [0, 0.1) is 5.82 Å². The predicted molar refractivity (Wildman–Crippen MR) is 124 cm³/mol. The van der Waals surface area contributed by atoms with E-state index in [1.165, 1.54) is 12.1 Å². The molecule has 6 nitrogen and oxygen atoms in total. The first-order valence-corrected chi connectivity index (χ1v) is 9.24. The van der Waals surface area contributed by atoms with E-state index >= 15 is 0 Å². The maximum Gasteiger partial charge on any atom is 0.191 e. The van der Waals surface area contributed by atoms with Gasteiger partial charge in [0.25, 0.3) is 0 Å². The second kappa shape index (κ2) is 13.2. The van der Waals surface area contributed by atoms with E-state index in [4.69, 9.17) is 9.47 Å². The monoisotopic (exact) mass is 517 g/mol. The standard InChI is InChI=1S/C21H28FN3O3.HI/c1-4-23-21(24-12-11-15-5-8-17(22)9-6-15)25-14-18(26)16-7-10-19(27-2)20(13-16)28-3;/h5-10,13,18,26H,4,11-12,14H2,1-3H3,(H2,23,24,25);1H. The summed E-state index contributed by atoms with van der Waals surface area (Å²) in [6.45, 7) is 3.52. The third kappa shape index (κ3) is 8.06. The maximum absolute atomic E-state index is 13.0. The minimum atomic E-state index is -0.771. The van der Waals surface area contributed by atoms with Crippen molar-refractivity contribution in [3.05, 3.63) is 59.4 Å². The van der Waals surface area contributed by atoms with Gasteiger partial charge in [0, 0.05) is 13.1 Å². The fourth-order valence-corrected chi connectivity index (χ4v) is 2.66. The Kier molecular flexibility index (Phi) is 11.4. The van der Waals surface area contributed by atoms with Gasteiger partial charge < -0.3 is 25.2 Å². The quantitative estimate of drug-likeness (QED) is 0.271. The number of hydrogen-bond acceptors (Lipinski definition) is 4. The summed E-state index contributed by atoms with van der Waals surface area (Å²) in [5.74, 6) is 1.55. The van der Waals surface area contributed by atoms with Crippen LogP contribution in [-0.2, 0) is 6.42 Å². The molecule has 0 saturated carbocycles. The van der Waals surface area contributed by atoms with Crippen LogP contribution < -0.4 is 20.1 Å². The molecule has 2 aromatic carbocycles. The average Bonchev–Trinajstić information content (AvgIpc) is 2.72. The lowest BCUT2D eigenvalue weighted by molar-refractivity contribution is 0.186. The van der Waals surface area contributed by atoms with E-state index in [0.717, 1.165) is 12.0 Å². The first-order chi connectivity index (χ1) is 13.6. The highest BCUT2D eigenvalue weighted by Gasteiger charge is 2.12. The molecule has 0 bridgehead atoms. The highest BCUT2D eigenvalue weighted by molar-refractivity contribution is 14.0. The summed E-state index contributed by atoms with van der Waals surface area (Å²) in [5, 5.41) is 16.8. The number of hydrogen-bond donors (Lipinski definition) is 3. The highest BCUT2D eigenvalue weighted by Crippen LogP contribution is 2.30. The van der Waals surface area contributed by atoms with Crippen LogP contribution in [0.4, 0.5) is 4.39 Å². The number of guanidine groups is 1. The molecule has 160 valence electrons. The molecule has 0 radical (unpaired) electrons. The van der Waals surface area contributed by atoms with Crippen molar-refractivity contribution in [2.75, 3.05) is 33.9 Å². The Morgan fingerprint density at radius 2 is 1.76 bits per heavy atom. The second-order valence-electron chi connectivity index (χ2n) is 6.15. The number of rotatable bonds is 9. The van der Waals surface area contributed by atoms with Crippen LogP contribution in [0.1, 0.15) is 24.2 Å². The molecular formula is C21H29FIN3O3. The van der Waals surface area contributed by atoms with Gasteiger partial charge in [-0.2, -0.15) is 0 Å². The fourth-order valence-electron chi connectivity index (χ4n) is 2.66. The molecule has 29 heavy (non-hydrogen) atoms. The third-order valence-electron chi connectivity index (χ3n) is 4.18. The largest absolute Gasteiger partial charge is 0.493 e. The van der Waals surface area contributed by atoms with Crippen molar-refractivity contribution in [3.8, 4) is 11.5 Å². The number of nitrogens with one attached hydrogen (secondary N) is 2. The predicted octanol–water partition coefficient (Wildman–Crippen LogP) is 3.29. The number of methoxy groups -OCH3 is 2. The van der Waals surface area contributed by atoms with Gasteiger partial charge in [-0.05, 0) is 48.7 Å². The zero-order valence-electron chi connectivity index (χ0n) is 16.9. The normalized spacial score (nSPS) is 12.0. The van der Waals surface area contributed by atoms with Gasteiger partial charge in [-0.3, -0.25) is 4.99 Å². The Morgan fingerprint density at radius 1 is 1.07 bits per heavy atom. The van der Waals surface area contributed by atoms with Crippen LogP contribution in [0.15, 0.2) is 47.5 Å². The summed E-state index contributed by atoms with van der Waals surface area (Å²) < 4.78 is 23.4. The maximum atomic E-state index is 13.0. The Balaban J connectivity index is 0.00000420. The Bertz CT molecular complexity index is 772. The number of aliphatic hydroxyl groups excluding tert-OH is 1. The Hall–Kier alpha value is -2.07. The van der Waals surface area contributed by atoms with Crippen LogP contribution in [0.25, 0.3) is 0 Å². The number of benzene rings is 2. The molecule has 0 aromatic heterocycles. The smallest absolute Gasteiger partial charge is 0.191 e. The molecular weight excluding hydrogens is 488 g/mol. The van der Waals surface area contributed by atoms with E-state index in [0.29, 0.717) is 36.1 Å². The molecule has 0 aliphatic rings. The minimum absolute atomic E-state index is 0. The zero-order valence-corrected chi connectivity index (χ0v) is 19.3. The summed E-state index contributed by atoms with van der Waals surface area (Å²) in [5.41, 5.74) is 1.73. The zero-order chi connectivity index (χ0) is 20.4. The van der Waals surface area contributed by atoms with Crippen molar-refractivity contribution in [1.82, 2.24) is 10.6 Å². The topological polar surface area (TPSA) is 75.1 Å². The highest BCUT2D eigenvalue weighted by atomic mass is 127. The molecule has 0 heterocycles. The molecule has 0 amide bonds. The van der Waals surface area contributed by atoms with Gasteiger partial charge in [0.15, 0.2) is 17.5 Å². The number of nitrogens with zero attached hydrogens (tertiary/aromatic N) is 1. The van der Waals surface area contributed by atoms with E-state index < -0.39 is 6.10 Å². The molecule has 1 unspecified atom stereocenters. The van der Waals surface area contributed by atoms with Crippen molar-refractivity contribution < 1.29 is 19.0 Å². The average molecular weight is 517 g/mol. The number of halogens is 2. The van der Waals surface area contributed by atoms with Gasteiger partial charge >= 0.3 is 0 Å². The molecule has 0 aliphatic carbocycles. The molecule has 2 rings (SSSR count). The van der Waals surface area contributed by atoms with E-state index in [1.807, 2.05) is 6.92 Å². The second-order valence-corrected chi connectivity index (χ2v) is 6.15. The van der Waals surface area contributed by atoms with E-state index in [-0.39, 0.29) is 36.3 Å². The van der Waals surface area contributed by atoms with Crippen molar-refractivity contribution in [2.24, 2.45) is 4.99 Å². The van der Waals surface area contributed by atoms with Gasteiger partial charge in [0.05, 0.1) is 26.9 Å². The van der Waals surface area contributed by atoms with Gasteiger partial charge in [0.2, 0.25) is 0 Å². The van der Waals surface area contributed by atoms with E-state index in [2.05, 4.69) is 15.6 Å². The first-order valence-electron chi connectivity index (χ1n) is 9.24. The number of aliphatic hydroxyl groups is 1. The van der Waals surface area contributed by atoms with Crippen molar-refractivity contribution in [1.29, 1.82) is 0 Å². The van der Waals surface area contributed by atoms with Crippen LogP contribution in [0.5, 0.6) is 11.5 Å². The van der Waals surface area contributed by atoms with Gasteiger partial charge in [0.1, 0.15) is 5.82 Å². The lowest BCUT2D eigenvalue weighted by atomic mass is 10.1. The summed E-state index contributed by atoms with van der Waals surface area (Å²) in [6.07, 6.45) is -0.0319. The van der Waals surface area contributed by atoms with Gasteiger partial charge in [-0.1, -0.05) is 18.2 Å². The molecule has 0 fully saturated rings. The number of aliphatic imine (C=N–C) groups is 1. The van der Waals surface area contributed by atoms with Crippen LogP contribution >= 0.6 is 24.0 Å². The van der Waals surface area contributed by atoms with Crippen molar-refractivity contribution in [2.45, 2.75) is 19.4 Å². The third-order valence-corrected chi connectivity index (χ3v) is 4.18. The number of ether oxygens (including phenoxy) is 2. The molecule has 0 aliphatic heterocycles. The lowest BCUT2D eigenvalue weighted by Crippen LogP contribution is -2.38. The lowest BCUT2D eigenvalue weighted by Gasteiger charge is -2.15. The first kappa shape index (κ1) is 25.0. The van der Waals surface area contributed by atoms with Crippen LogP contribution in [0.2, 0.25) is 0 Å². The minimum Gasteiger partial charge on any atom is -0.493 e. The molecule has 1 atom stereocenters. The van der Waals surface area contributed by atoms with E-state index in [1.54, 1.807) is 44.6 Å². The molecule has 8 heteroatoms. The Labute approximate surface area is 188 Å². The SMILES string of the molecule is CCNC(=NCC(O)c1ccc(OC)c(OC)c1)NCCc1ccc(F)cc1.I. The van der Waals surface area contributed by atoms with Crippen molar-refractivity contribution in [3.63, 3.8) is 0 Å². The molecule has 2 aromatic rings. The van der Waals surface area contributed by atoms with Gasteiger partial charge in [-0.25, -0.2) is 4.39 Å². The molecule has 0 saturated heterocycles. The van der Waals surface area contributed by atoms with Gasteiger partial charge in [-0.15, -0.1) is 24.0 Å². The van der Waals surface area contributed by atoms with E-state index in [9.17, 15) is 9.50 Å². The molecule has 3 N–H and O–H groups in total. The summed E-state index contributed by atoms with van der Waals surface area (Å²) in [4.78, 5) is 4.45. The molecule has 0 spiro atoms. The van der Waals surface area contributed by atoms with Crippen LogP contribution in [0.3, 0.4) is 0 Å². The van der Waals surface area contributed by atoms with Crippen LogP contribution in [-0.4, -0.2) is 44.9 Å². The summed E-state index contributed by atoms with van der Waals surface area (Å²) in [7, 11) is 3.12. The van der Waals surface area contributed by atoms with Crippen molar-refractivity contribution >= 4 is 29.9 Å². The summed E-state index contributed by atoms with van der Waals surface area (Å²) >= 11 is 0.